The molecule has 6 aromatic rings. The molecule has 2 aromatic heterocycles. The van der Waals surface area contributed by atoms with Gasteiger partial charge in [-0.25, -0.2) is 19.6 Å². The fraction of sp³-hybridized carbons (Fsp3) is 0.375. The number of nitrogens with one attached hydrogen (secondary N) is 3. The van der Waals surface area contributed by atoms with Crippen molar-refractivity contribution in [2.45, 2.75) is 76.9 Å². The zero-order valence-corrected chi connectivity index (χ0v) is 36.5. The normalized spacial score (nSPS) is 19.0. The number of nitrogens with zero attached hydrogens (tertiary/aromatic N) is 5. The molecule has 16 heteroatoms. The van der Waals surface area contributed by atoms with Gasteiger partial charge in [-0.05, 0) is 77.6 Å². The van der Waals surface area contributed by atoms with Gasteiger partial charge in [0.1, 0.15) is 36.1 Å². The minimum atomic E-state index is -1.18. The highest BCUT2D eigenvalue weighted by atomic mass is 16.5. The maximum atomic E-state index is 14.1. The number of aromatic nitrogens is 4. The zero-order chi connectivity index (χ0) is 44.8. The Morgan fingerprint density at radius 2 is 1.78 bits per heavy atom. The number of imidazole rings is 2. The number of hydrogen-bond donors (Lipinski definition) is 4. The fourth-order valence-electron chi connectivity index (χ4n) is 9.57. The van der Waals surface area contributed by atoms with Crippen LogP contribution in [0.3, 0.4) is 0 Å². The lowest BCUT2D eigenvalue weighted by atomic mass is 9.92. The second-order valence-corrected chi connectivity index (χ2v) is 17.1. The van der Waals surface area contributed by atoms with E-state index in [1.54, 1.807) is 40.3 Å². The highest BCUT2D eigenvalue weighted by molar-refractivity contribution is 6.07. The molecule has 4 N–H and O–H groups in total. The predicted molar refractivity (Wildman–Crippen MR) is 238 cm³/mol. The molecule has 0 radical (unpaired) electrons. The Kier molecular flexibility index (Phi) is 11.5. The van der Waals surface area contributed by atoms with Gasteiger partial charge in [0.25, 0.3) is 5.91 Å². The number of alkyl carbamates (subject to hydrolysis) is 1. The quantitative estimate of drug-likeness (QED) is 0.100. The van der Waals surface area contributed by atoms with Crippen LogP contribution in [0.4, 0.5) is 9.59 Å². The first-order valence-corrected chi connectivity index (χ1v) is 21.8. The van der Waals surface area contributed by atoms with Crippen molar-refractivity contribution in [1.29, 1.82) is 0 Å². The van der Waals surface area contributed by atoms with Crippen LogP contribution in [0.15, 0.2) is 79.0 Å². The molecule has 3 aliphatic rings. The predicted octanol–water partition coefficient (Wildman–Crippen LogP) is 7.74. The minimum Gasteiger partial charge on any atom is -0.488 e. The Morgan fingerprint density at radius 1 is 0.969 bits per heavy atom. The van der Waals surface area contributed by atoms with Gasteiger partial charge in [-0.2, -0.15) is 0 Å². The molecule has 5 atom stereocenters. The number of rotatable bonds is 11. The number of benzene rings is 4. The third kappa shape index (κ3) is 7.75. The third-order valence-electron chi connectivity index (χ3n) is 12.8. The molecular weight excluding hydrogens is 817 g/mol. The van der Waals surface area contributed by atoms with Gasteiger partial charge in [0.05, 0.1) is 48.2 Å². The first kappa shape index (κ1) is 42.4. The smallest absolute Gasteiger partial charge is 0.407 e. The van der Waals surface area contributed by atoms with Crippen LogP contribution in [0.2, 0.25) is 0 Å². The summed E-state index contributed by atoms with van der Waals surface area (Å²) in [7, 11) is 2.71. The summed E-state index contributed by atoms with van der Waals surface area (Å²) >= 11 is 0. The molecular formula is C48H52N8O8. The summed E-state index contributed by atoms with van der Waals surface area (Å²) < 4.78 is 17.3. The number of carbonyl (C=O) groups is 4. The van der Waals surface area contributed by atoms with Gasteiger partial charge in [0.15, 0.2) is 0 Å². The summed E-state index contributed by atoms with van der Waals surface area (Å²) in [6.45, 7) is 7.43. The molecule has 0 saturated carbocycles. The van der Waals surface area contributed by atoms with Gasteiger partial charge in [-0.1, -0.05) is 62.4 Å². The monoisotopic (exact) mass is 868 g/mol. The standard InChI is InChI=1S/C48H52N8O8/c1-6-63-31-21-38(56(24-31)45(57)40(26(2)3)53-47(59)62-5)44-50-35-17-15-28-20-34-32-16-14-29(19-30(32)25-64-39(34)22-33(28)41(35)52-44)36-23-49-43(51-36)37-13-10-18-55(37)46(58)42(54(4)48(60)61)27-11-8-7-9-12-27/h7-9,11-12,14-17,19-20,22-23,26,31,37-38,40,42H,6,10,13,18,21,24-25H2,1-5H3,(H,49,51)(H,50,52)(H,53,59)(H,60,61)/t31-,37-,38-,40-,42+/m0/s1. The third-order valence-corrected chi connectivity index (χ3v) is 12.8. The number of likely N-dealkylation sites (tertiary alicyclic amines) is 2. The molecule has 0 unspecified atom stereocenters. The molecule has 16 nitrogen and oxygen atoms in total. The van der Waals surface area contributed by atoms with Gasteiger partial charge in [0, 0.05) is 44.1 Å². The van der Waals surface area contributed by atoms with Gasteiger partial charge in [0.2, 0.25) is 5.91 Å². The molecule has 64 heavy (non-hydrogen) atoms. The van der Waals surface area contributed by atoms with Crippen LogP contribution in [0.1, 0.15) is 80.9 Å². The fourth-order valence-corrected chi connectivity index (χ4v) is 9.57. The lowest BCUT2D eigenvalue weighted by Gasteiger charge is -2.32. The molecule has 2 saturated heterocycles. The summed E-state index contributed by atoms with van der Waals surface area (Å²) in [6.07, 6.45) is 1.78. The molecule has 0 bridgehead atoms. The van der Waals surface area contributed by atoms with Gasteiger partial charge < -0.3 is 44.4 Å². The van der Waals surface area contributed by atoms with Crippen molar-refractivity contribution in [1.82, 2.24) is 40.0 Å². The number of hydrogen-bond acceptors (Lipinski definition) is 9. The molecule has 0 aliphatic carbocycles. The van der Waals surface area contributed by atoms with E-state index in [4.69, 9.17) is 24.2 Å². The number of likely N-dealkylation sites (N-methyl/N-ethyl adjacent to an activating group) is 1. The average Bonchev–Trinajstić information content (AvgIpc) is 4.14. The Morgan fingerprint density at radius 3 is 2.53 bits per heavy atom. The van der Waals surface area contributed by atoms with Crippen LogP contribution in [0.5, 0.6) is 5.75 Å². The van der Waals surface area contributed by atoms with E-state index < -0.39 is 30.3 Å². The summed E-state index contributed by atoms with van der Waals surface area (Å²) in [5.41, 5.74) is 6.97. The van der Waals surface area contributed by atoms with Crippen molar-refractivity contribution in [3.05, 3.63) is 102 Å². The topological polar surface area (TPSA) is 195 Å². The van der Waals surface area contributed by atoms with E-state index in [1.807, 2.05) is 45.0 Å². The molecule has 0 spiro atoms. The van der Waals surface area contributed by atoms with E-state index in [9.17, 15) is 24.3 Å². The van der Waals surface area contributed by atoms with E-state index >= 15 is 0 Å². The number of amides is 4. The molecule has 9 rings (SSSR count). The Balaban J connectivity index is 0.971. The SMILES string of the molecule is CCO[C@H]1C[C@@H](c2nc3ccc4cc5c(cc4c3[nH]2)OCc2cc(-c3cnc([C@@H]4CCCN4C(=O)[C@@H](c4ccccc4)N(C)C(=O)O)[nH]3)ccc2-5)N(C(=O)[C@@H](NC(=O)OC)C(C)C)C1. The van der Waals surface area contributed by atoms with Crippen LogP contribution >= 0.6 is 0 Å². The van der Waals surface area contributed by atoms with Crippen LogP contribution in [0, 0.1) is 5.92 Å². The van der Waals surface area contributed by atoms with E-state index in [0.29, 0.717) is 56.4 Å². The summed E-state index contributed by atoms with van der Waals surface area (Å²) in [6, 6.07) is 21.0. The maximum Gasteiger partial charge on any atom is 0.407 e. The van der Waals surface area contributed by atoms with E-state index in [0.717, 1.165) is 66.8 Å². The molecule has 3 aliphatic heterocycles. The number of carboxylic acid groups (broad SMARTS) is 1. The lowest BCUT2D eigenvalue weighted by Crippen LogP contribution is -2.51. The second kappa shape index (κ2) is 17.3. The zero-order valence-electron chi connectivity index (χ0n) is 36.5. The Hall–Kier alpha value is -6.94. The number of carbonyl (C=O) groups excluding carboxylic acids is 3. The number of fused-ring (bicyclic) bond motifs is 6. The van der Waals surface area contributed by atoms with Crippen LogP contribution in [-0.4, -0.2) is 110 Å². The molecule has 5 heterocycles. The summed E-state index contributed by atoms with van der Waals surface area (Å²) in [5.74, 6) is 1.37. The average molecular weight is 869 g/mol. The highest BCUT2D eigenvalue weighted by Crippen LogP contribution is 2.44. The first-order chi connectivity index (χ1) is 30.9. The largest absolute Gasteiger partial charge is 0.488 e. The Bertz CT molecular complexity index is 2750. The lowest BCUT2D eigenvalue weighted by molar-refractivity contribution is -0.137. The van der Waals surface area contributed by atoms with E-state index in [-0.39, 0.29) is 29.9 Å². The van der Waals surface area contributed by atoms with Crippen molar-refractivity contribution in [2.24, 2.45) is 5.92 Å². The molecule has 4 aromatic carbocycles. The molecule has 332 valence electrons. The number of aromatic amines is 2. The number of methoxy groups -OCH3 is 1. The maximum absolute atomic E-state index is 14.1. The summed E-state index contributed by atoms with van der Waals surface area (Å²) in [5, 5.41) is 14.5. The van der Waals surface area contributed by atoms with Gasteiger partial charge >= 0.3 is 12.2 Å². The van der Waals surface area contributed by atoms with Crippen LogP contribution < -0.4 is 10.1 Å². The van der Waals surface area contributed by atoms with Crippen LogP contribution in [-0.2, 0) is 25.7 Å². The van der Waals surface area contributed by atoms with Crippen molar-refractivity contribution in [3.8, 4) is 28.1 Å². The highest BCUT2D eigenvalue weighted by Gasteiger charge is 2.43. The van der Waals surface area contributed by atoms with E-state index in [2.05, 4.69) is 39.6 Å². The van der Waals surface area contributed by atoms with Crippen molar-refractivity contribution >= 4 is 45.8 Å². The van der Waals surface area contributed by atoms with Crippen molar-refractivity contribution in [2.75, 3.05) is 33.9 Å². The van der Waals surface area contributed by atoms with Crippen molar-refractivity contribution < 1.29 is 38.5 Å². The molecule has 4 amide bonds. The summed E-state index contributed by atoms with van der Waals surface area (Å²) in [4.78, 5) is 73.8. The molecule has 2 fully saturated rings. The second-order valence-electron chi connectivity index (χ2n) is 17.1. The van der Waals surface area contributed by atoms with Crippen LogP contribution in [0.25, 0.3) is 44.2 Å². The first-order valence-electron chi connectivity index (χ1n) is 21.8. The number of ether oxygens (including phenoxy) is 3. The van der Waals surface area contributed by atoms with Crippen molar-refractivity contribution in [3.63, 3.8) is 0 Å². The van der Waals surface area contributed by atoms with Gasteiger partial charge in [-0.15, -0.1) is 0 Å². The van der Waals surface area contributed by atoms with Gasteiger partial charge in [-0.3, -0.25) is 14.5 Å². The van der Waals surface area contributed by atoms with E-state index in [1.165, 1.54) is 14.2 Å². The minimum absolute atomic E-state index is 0.179. The Labute approximate surface area is 369 Å². The number of H-pyrrole nitrogens is 2.